The summed E-state index contributed by atoms with van der Waals surface area (Å²) in [5.74, 6) is 0.219. The Labute approximate surface area is 159 Å². The van der Waals surface area contributed by atoms with E-state index in [1.54, 1.807) is 0 Å². The molecule has 2 aromatic rings. The first-order chi connectivity index (χ1) is 12.5. The molecule has 0 aliphatic carbocycles. The Morgan fingerprint density at radius 3 is 2.69 bits per heavy atom. The molecule has 3 rings (SSSR count). The molecule has 1 aliphatic rings. The van der Waals surface area contributed by atoms with Crippen molar-refractivity contribution in [3.63, 3.8) is 0 Å². The van der Waals surface area contributed by atoms with Gasteiger partial charge in [-0.1, -0.05) is 23.2 Å². The van der Waals surface area contributed by atoms with Crippen LogP contribution in [0.4, 0.5) is 4.39 Å². The Kier molecular flexibility index (Phi) is 5.86. The number of rotatable bonds is 5. The van der Waals surface area contributed by atoms with Crippen molar-refractivity contribution in [3.8, 4) is 11.5 Å². The number of nitrogens with one attached hydrogen (secondary N) is 1. The quantitative estimate of drug-likeness (QED) is 0.825. The van der Waals surface area contributed by atoms with E-state index in [1.165, 1.54) is 31.4 Å². The fraction of sp³-hybridized carbons (Fsp3) is 0.278. The van der Waals surface area contributed by atoms with E-state index < -0.39 is 0 Å². The van der Waals surface area contributed by atoms with E-state index in [0.717, 1.165) is 0 Å². The topological polar surface area (TPSA) is 56.8 Å². The highest BCUT2D eigenvalue weighted by atomic mass is 35.5. The molecule has 0 saturated carbocycles. The molecule has 1 heterocycles. The SMILES string of the molecule is COc1c(Cl)cc(C(=O)NCCc2cc(F)cc3c2OCOC3)cc1Cl. The number of hydrogen-bond donors (Lipinski definition) is 1. The van der Waals surface area contributed by atoms with Gasteiger partial charge < -0.3 is 19.5 Å². The van der Waals surface area contributed by atoms with Gasteiger partial charge in [-0.3, -0.25) is 4.79 Å². The molecule has 1 N–H and O–H groups in total. The first-order valence-corrected chi connectivity index (χ1v) is 8.58. The lowest BCUT2D eigenvalue weighted by Crippen LogP contribution is -2.26. The minimum atomic E-state index is -0.368. The van der Waals surface area contributed by atoms with Crippen LogP contribution in [-0.2, 0) is 17.8 Å². The first-order valence-electron chi connectivity index (χ1n) is 7.82. The summed E-state index contributed by atoms with van der Waals surface area (Å²) in [5, 5.41) is 3.26. The van der Waals surface area contributed by atoms with Crippen LogP contribution in [0.2, 0.25) is 10.0 Å². The Morgan fingerprint density at radius 1 is 1.27 bits per heavy atom. The molecule has 0 saturated heterocycles. The molecule has 5 nitrogen and oxygen atoms in total. The van der Waals surface area contributed by atoms with E-state index in [1.807, 2.05) is 0 Å². The van der Waals surface area contributed by atoms with Crippen LogP contribution < -0.4 is 14.8 Å². The number of carbonyl (C=O) groups excluding carboxylic acids is 1. The van der Waals surface area contributed by atoms with Crippen molar-refractivity contribution >= 4 is 29.1 Å². The van der Waals surface area contributed by atoms with Gasteiger partial charge in [0.15, 0.2) is 12.5 Å². The van der Waals surface area contributed by atoms with E-state index in [-0.39, 0.29) is 28.6 Å². The smallest absolute Gasteiger partial charge is 0.251 e. The van der Waals surface area contributed by atoms with Crippen LogP contribution in [-0.4, -0.2) is 26.4 Å². The minimum Gasteiger partial charge on any atom is -0.494 e. The number of amides is 1. The van der Waals surface area contributed by atoms with Crippen LogP contribution in [0.5, 0.6) is 11.5 Å². The molecule has 0 atom stereocenters. The molecule has 138 valence electrons. The summed E-state index contributed by atoms with van der Waals surface area (Å²) in [5.41, 5.74) is 1.65. The second kappa shape index (κ2) is 8.12. The number of ether oxygens (including phenoxy) is 3. The summed E-state index contributed by atoms with van der Waals surface area (Å²) in [7, 11) is 1.44. The van der Waals surface area contributed by atoms with Crippen LogP contribution >= 0.6 is 23.2 Å². The molecule has 0 spiro atoms. The molecule has 0 bridgehead atoms. The Bertz CT molecular complexity index is 821. The molecule has 8 heteroatoms. The van der Waals surface area contributed by atoms with E-state index in [4.69, 9.17) is 37.4 Å². The van der Waals surface area contributed by atoms with Gasteiger partial charge in [-0.05, 0) is 36.2 Å². The lowest BCUT2D eigenvalue weighted by molar-refractivity contribution is -0.0172. The monoisotopic (exact) mass is 399 g/mol. The van der Waals surface area contributed by atoms with Crippen molar-refractivity contribution in [2.75, 3.05) is 20.4 Å². The van der Waals surface area contributed by atoms with Gasteiger partial charge in [0.25, 0.3) is 5.91 Å². The third-order valence-corrected chi connectivity index (χ3v) is 4.46. The number of hydrogen-bond acceptors (Lipinski definition) is 4. The van der Waals surface area contributed by atoms with Crippen molar-refractivity contribution < 1.29 is 23.4 Å². The number of halogens is 3. The zero-order valence-corrected chi connectivity index (χ0v) is 15.4. The van der Waals surface area contributed by atoms with Crippen LogP contribution in [0.1, 0.15) is 21.5 Å². The van der Waals surface area contributed by atoms with E-state index in [9.17, 15) is 9.18 Å². The Hall–Kier alpha value is -2.02. The van der Waals surface area contributed by atoms with Gasteiger partial charge in [0.1, 0.15) is 11.6 Å². The van der Waals surface area contributed by atoms with Gasteiger partial charge >= 0.3 is 0 Å². The summed E-state index contributed by atoms with van der Waals surface area (Å²) >= 11 is 12.1. The normalized spacial score (nSPS) is 12.9. The minimum absolute atomic E-state index is 0.126. The largest absolute Gasteiger partial charge is 0.494 e. The van der Waals surface area contributed by atoms with Gasteiger partial charge in [0, 0.05) is 17.7 Å². The lowest BCUT2D eigenvalue weighted by Gasteiger charge is -2.21. The average molecular weight is 400 g/mol. The molecule has 0 radical (unpaired) electrons. The average Bonchev–Trinajstić information content (AvgIpc) is 2.61. The van der Waals surface area contributed by atoms with Gasteiger partial charge in [-0.15, -0.1) is 0 Å². The van der Waals surface area contributed by atoms with E-state index in [2.05, 4.69) is 5.32 Å². The van der Waals surface area contributed by atoms with Crippen molar-refractivity contribution in [2.45, 2.75) is 13.0 Å². The maximum atomic E-state index is 13.7. The summed E-state index contributed by atoms with van der Waals surface area (Å²) in [6, 6.07) is 5.74. The van der Waals surface area contributed by atoms with Crippen LogP contribution in [0.3, 0.4) is 0 Å². The molecule has 0 unspecified atom stereocenters. The number of fused-ring (bicyclic) bond motifs is 1. The van der Waals surface area contributed by atoms with Gasteiger partial charge in [-0.2, -0.15) is 0 Å². The molecular weight excluding hydrogens is 384 g/mol. The maximum Gasteiger partial charge on any atom is 0.251 e. The van der Waals surface area contributed by atoms with Crippen molar-refractivity contribution in [1.82, 2.24) is 5.32 Å². The fourth-order valence-corrected chi connectivity index (χ4v) is 3.38. The van der Waals surface area contributed by atoms with Gasteiger partial charge in [0.2, 0.25) is 0 Å². The molecule has 0 aromatic heterocycles. The predicted octanol–water partition coefficient (Wildman–Crippen LogP) is 3.98. The summed E-state index contributed by atoms with van der Waals surface area (Å²) < 4.78 is 29.4. The Balaban J connectivity index is 1.67. The molecule has 2 aromatic carbocycles. The Morgan fingerprint density at radius 2 is 2.00 bits per heavy atom. The summed E-state index contributed by atoms with van der Waals surface area (Å²) in [4.78, 5) is 12.3. The standard InChI is InChI=1S/C18H16Cl2FNO4/c1-24-17-14(19)6-11(7-15(17)20)18(23)22-3-2-10-4-13(21)5-12-8-25-9-26-16(10)12/h4-7H,2-3,8-9H2,1H3,(H,22,23). The molecule has 1 amide bonds. The molecule has 26 heavy (non-hydrogen) atoms. The first kappa shape index (κ1) is 18.8. The number of benzene rings is 2. The van der Waals surface area contributed by atoms with Crippen LogP contribution in [0.25, 0.3) is 0 Å². The maximum absolute atomic E-state index is 13.7. The van der Waals surface area contributed by atoms with Gasteiger partial charge in [-0.25, -0.2) is 4.39 Å². The second-order valence-electron chi connectivity index (χ2n) is 5.64. The highest BCUT2D eigenvalue weighted by Gasteiger charge is 2.18. The van der Waals surface area contributed by atoms with Crippen LogP contribution in [0, 0.1) is 5.82 Å². The summed E-state index contributed by atoms with van der Waals surface area (Å²) in [6.45, 7) is 0.719. The van der Waals surface area contributed by atoms with Gasteiger partial charge in [0.05, 0.1) is 23.8 Å². The molecular formula is C18H16Cl2FNO4. The van der Waals surface area contributed by atoms with Crippen molar-refractivity contribution in [3.05, 3.63) is 56.8 Å². The van der Waals surface area contributed by atoms with Crippen LogP contribution in [0.15, 0.2) is 24.3 Å². The van der Waals surface area contributed by atoms with Crippen molar-refractivity contribution in [1.29, 1.82) is 0 Å². The third-order valence-electron chi connectivity index (χ3n) is 3.90. The fourth-order valence-electron chi connectivity index (χ4n) is 2.74. The molecule has 1 aliphatic heterocycles. The van der Waals surface area contributed by atoms with E-state index >= 15 is 0 Å². The lowest BCUT2D eigenvalue weighted by atomic mass is 10.1. The molecule has 0 fully saturated rings. The predicted molar refractivity (Wildman–Crippen MR) is 95.7 cm³/mol. The zero-order valence-electron chi connectivity index (χ0n) is 13.9. The zero-order chi connectivity index (χ0) is 18.7. The summed E-state index contributed by atoms with van der Waals surface area (Å²) in [6.07, 6.45) is 0.406. The second-order valence-corrected chi connectivity index (χ2v) is 6.46. The third kappa shape index (κ3) is 4.03. The number of carbonyl (C=O) groups is 1. The highest BCUT2D eigenvalue weighted by Crippen LogP contribution is 2.34. The highest BCUT2D eigenvalue weighted by molar-refractivity contribution is 6.37. The van der Waals surface area contributed by atoms with Crippen molar-refractivity contribution in [2.24, 2.45) is 0 Å². The van der Waals surface area contributed by atoms with E-state index in [0.29, 0.717) is 47.8 Å². The number of methoxy groups -OCH3 is 1.